The minimum absolute atomic E-state index is 0.0579. The van der Waals surface area contributed by atoms with Crippen molar-refractivity contribution in [2.75, 3.05) is 26.3 Å². The number of nitrogens with zero attached hydrogens (tertiary/aromatic N) is 1. The molecule has 0 rings (SSSR count). The molecule has 9 heteroatoms. The lowest BCUT2D eigenvalue weighted by molar-refractivity contribution is -0.140. The number of hydrogen-bond donors (Lipinski definition) is 5. The minimum Gasteiger partial charge on any atom is -0.481 e. The van der Waals surface area contributed by atoms with E-state index in [2.05, 4.69) is 5.32 Å². The van der Waals surface area contributed by atoms with Gasteiger partial charge in [0.15, 0.2) is 0 Å². The largest absolute Gasteiger partial charge is 0.481 e. The standard InChI is InChI=1S/C10H18N2O7/c13-5-3-12(4-6-14)10(19)11-7(9(17)18)1-2-8(15)16/h7,13-14H,1-6H2,(H,11,19)(H,15,16)(H,17,18). The van der Waals surface area contributed by atoms with Gasteiger partial charge < -0.3 is 30.6 Å². The average molecular weight is 278 g/mol. The maximum atomic E-state index is 11.7. The summed E-state index contributed by atoms with van der Waals surface area (Å²) in [7, 11) is 0. The first kappa shape index (κ1) is 17.1. The van der Waals surface area contributed by atoms with Crippen LogP contribution in [0.15, 0.2) is 0 Å². The summed E-state index contributed by atoms with van der Waals surface area (Å²) in [6.07, 6.45) is -0.639. The third kappa shape index (κ3) is 7.21. The van der Waals surface area contributed by atoms with Crippen LogP contribution >= 0.6 is 0 Å². The fraction of sp³-hybridized carbons (Fsp3) is 0.700. The second kappa shape index (κ2) is 9.11. The summed E-state index contributed by atoms with van der Waals surface area (Å²) in [6, 6.07) is -2.11. The van der Waals surface area contributed by atoms with Crippen molar-refractivity contribution in [2.45, 2.75) is 18.9 Å². The third-order valence-corrected chi connectivity index (χ3v) is 2.27. The summed E-state index contributed by atoms with van der Waals surface area (Å²) in [5.74, 6) is -2.51. The van der Waals surface area contributed by atoms with Gasteiger partial charge in [0.2, 0.25) is 0 Å². The quantitative estimate of drug-likeness (QED) is 0.337. The highest BCUT2D eigenvalue weighted by molar-refractivity contribution is 5.83. The number of carbonyl (C=O) groups is 3. The van der Waals surface area contributed by atoms with Gasteiger partial charge in [0.1, 0.15) is 6.04 Å². The van der Waals surface area contributed by atoms with E-state index in [1.807, 2.05) is 0 Å². The normalized spacial score (nSPS) is 11.7. The Morgan fingerprint density at radius 3 is 1.95 bits per heavy atom. The number of amides is 2. The molecule has 9 nitrogen and oxygen atoms in total. The number of aliphatic hydroxyl groups excluding tert-OH is 2. The number of aliphatic carboxylic acids is 2. The summed E-state index contributed by atoms with van der Waals surface area (Å²) in [5, 5.41) is 36.9. The number of rotatable bonds is 9. The SMILES string of the molecule is O=C(O)CCC(NC(=O)N(CCO)CCO)C(=O)O. The zero-order valence-electron chi connectivity index (χ0n) is 10.3. The number of aliphatic hydroxyl groups is 2. The molecule has 0 bridgehead atoms. The van der Waals surface area contributed by atoms with Crippen LogP contribution in [0.4, 0.5) is 4.79 Å². The molecule has 0 aromatic heterocycles. The Kier molecular flexibility index (Phi) is 8.22. The van der Waals surface area contributed by atoms with Crippen LogP contribution < -0.4 is 5.32 Å². The molecule has 1 atom stereocenters. The van der Waals surface area contributed by atoms with Gasteiger partial charge in [-0.1, -0.05) is 0 Å². The molecular formula is C10H18N2O7. The van der Waals surface area contributed by atoms with E-state index in [1.54, 1.807) is 0 Å². The van der Waals surface area contributed by atoms with Gasteiger partial charge in [0.05, 0.1) is 13.2 Å². The van der Waals surface area contributed by atoms with Crippen molar-refractivity contribution < 1.29 is 34.8 Å². The maximum absolute atomic E-state index is 11.7. The molecule has 110 valence electrons. The molecule has 2 amide bonds. The van der Waals surface area contributed by atoms with E-state index in [4.69, 9.17) is 20.4 Å². The van der Waals surface area contributed by atoms with Crippen molar-refractivity contribution >= 4 is 18.0 Å². The second-order valence-corrected chi connectivity index (χ2v) is 3.71. The molecule has 0 aliphatic carbocycles. The zero-order valence-corrected chi connectivity index (χ0v) is 10.3. The van der Waals surface area contributed by atoms with Gasteiger partial charge in [0, 0.05) is 19.5 Å². The van der Waals surface area contributed by atoms with Crippen LogP contribution in [-0.2, 0) is 9.59 Å². The molecule has 5 N–H and O–H groups in total. The van der Waals surface area contributed by atoms with E-state index < -0.39 is 30.4 Å². The topological polar surface area (TPSA) is 147 Å². The molecule has 0 aromatic carbocycles. The van der Waals surface area contributed by atoms with Crippen LogP contribution in [0.1, 0.15) is 12.8 Å². The molecule has 0 saturated heterocycles. The molecule has 19 heavy (non-hydrogen) atoms. The minimum atomic E-state index is -1.34. The summed E-state index contributed by atoms with van der Waals surface area (Å²) in [4.78, 5) is 33.9. The van der Waals surface area contributed by atoms with Crippen molar-refractivity contribution in [3.8, 4) is 0 Å². The molecule has 0 radical (unpaired) electrons. The molecular weight excluding hydrogens is 260 g/mol. The molecule has 0 aliphatic heterocycles. The van der Waals surface area contributed by atoms with E-state index >= 15 is 0 Å². The Hall–Kier alpha value is -1.87. The fourth-order valence-corrected chi connectivity index (χ4v) is 1.32. The second-order valence-electron chi connectivity index (χ2n) is 3.71. The molecule has 0 saturated carbocycles. The maximum Gasteiger partial charge on any atom is 0.326 e. The van der Waals surface area contributed by atoms with Crippen molar-refractivity contribution in [3.63, 3.8) is 0 Å². The van der Waals surface area contributed by atoms with Crippen molar-refractivity contribution in [2.24, 2.45) is 0 Å². The van der Waals surface area contributed by atoms with E-state index in [0.29, 0.717) is 0 Å². The van der Waals surface area contributed by atoms with Crippen LogP contribution in [0.25, 0.3) is 0 Å². The van der Waals surface area contributed by atoms with Gasteiger partial charge >= 0.3 is 18.0 Å². The summed E-state index contributed by atoms with van der Waals surface area (Å²) >= 11 is 0. The van der Waals surface area contributed by atoms with Gasteiger partial charge in [-0.15, -0.1) is 0 Å². The molecule has 0 aliphatic rings. The first-order chi connectivity index (χ1) is 8.92. The summed E-state index contributed by atoms with van der Waals surface area (Å²) in [6.45, 7) is -0.782. The predicted octanol–water partition coefficient (Wildman–Crippen LogP) is -1.70. The predicted molar refractivity (Wildman–Crippen MR) is 62.6 cm³/mol. The highest BCUT2D eigenvalue weighted by atomic mass is 16.4. The van der Waals surface area contributed by atoms with Gasteiger partial charge in [-0.2, -0.15) is 0 Å². The lowest BCUT2D eigenvalue weighted by Gasteiger charge is -2.23. The Bertz CT molecular complexity index is 315. The fourth-order valence-electron chi connectivity index (χ4n) is 1.32. The lowest BCUT2D eigenvalue weighted by Crippen LogP contribution is -2.49. The average Bonchev–Trinajstić information content (AvgIpc) is 2.33. The molecule has 1 unspecified atom stereocenters. The van der Waals surface area contributed by atoms with Crippen molar-refractivity contribution in [3.05, 3.63) is 0 Å². The van der Waals surface area contributed by atoms with Crippen molar-refractivity contribution in [1.29, 1.82) is 0 Å². The Labute approximate surface area is 109 Å². The molecule has 0 aromatic rings. The highest BCUT2D eigenvalue weighted by Gasteiger charge is 2.23. The van der Waals surface area contributed by atoms with Gasteiger partial charge in [-0.3, -0.25) is 4.79 Å². The van der Waals surface area contributed by atoms with E-state index in [-0.39, 0.29) is 32.7 Å². The number of carboxylic acid groups (broad SMARTS) is 2. The van der Waals surface area contributed by atoms with Crippen LogP contribution in [-0.4, -0.2) is 75.6 Å². The first-order valence-corrected chi connectivity index (χ1v) is 5.64. The number of carbonyl (C=O) groups excluding carboxylic acids is 1. The number of nitrogens with one attached hydrogen (secondary N) is 1. The van der Waals surface area contributed by atoms with Crippen LogP contribution in [0, 0.1) is 0 Å². The van der Waals surface area contributed by atoms with Crippen LogP contribution in [0.3, 0.4) is 0 Å². The van der Waals surface area contributed by atoms with E-state index in [9.17, 15) is 14.4 Å². The van der Waals surface area contributed by atoms with Gasteiger partial charge in [0.25, 0.3) is 0 Å². The lowest BCUT2D eigenvalue weighted by atomic mass is 10.1. The van der Waals surface area contributed by atoms with Gasteiger partial charge in [-0.25, -0.2) is 9.59 Å². The van der Waals surface area contributed by atoms with E-state index in [0.717, 1.165) is 4.90 Å². The summed E-state index contributed by atoms with van der Waals surface area (Å²) in [5.41, 5.74) is 0. The van der Waals surface area contributed by atoms with Crippen LogP contribution in [0.5, 0.6) is 0 Å². The van der Waals surface area contributed by atoms with Crippen LogP contribution in [0.2, 0.25) is 0 Å². The zero-order chi connectivity index (χ0) is 14.8. The number of carboxylic acids is 2. The molecule has 0 heterocycles. The first-order valence-electron chi connectivity index (χ1n) is 5.64. The summed E-state index contributed by atoms with van der Waals surface area (Å²) < 4.78 is 0. The van der Waals surface area contributed by atoms with E-state index in [1.165, 1.54) is 0 Å². The highest BCUT2D eigenvalue weighted by Crippen LogP contribution is 2.00. The smallest absolute Gasteiger partial charge is 0.326 e. The Morgan fingerprint density at radius 2 is 1.58 bits per heavy atom. The van der Waals surface area contributed by atoms with Gasteiger partial charge in [-0.05, 0) is 6.42 Å². The Balaban J connectivity index is 4.49. The third-order valence-electron chi connectivity index (χ3n) is 2.27. The number of urea groups is 1. The number of hydrogen-bond acceptors (Lipinski definition) is 5. The van der Waals surface area contributed by atoms with Crippen molar-refractivity contribution in [1.82, 2.24) is 10.2 Å². The molecule has 0 spiro atoms. The Morgan fingerprint density at radius 1 is 1.05 bits per heavy atom. The molecule has 0 fully saturated rings. The monoisotopic (exact) mass is 278 g/mol.